The van der Waals surface area contributed by atoms with Gasteiger partial charge in [0.05, 0.1) is 11.6 Å². The fourth-order valence-electron chi connectivity index (χ4n) is 6.76. The molecule has 5 heterocycles. The third-order valence-corrected chi connectivity index (χ3v) is 8.82. The lowest BCUT2D eigenvalue weighted by Gasteiger charge is -2.31. The first-order valence-electron chi connectivity index (χ1n) is 15.6. The Morgan fingerprint density at radius 2 is 1.70 bits per heavy atom. The van der Waals surface area contributed by atoms with E-state index >= 15 is 0 Å². The molecule has 3 amide bonds. The maximum Gasteiger partial charge on any atom is 0.410 e. The minimum absolute atomic E-state index is 0.0545. The van der Waals surface area contributed by atoms with Gasteiger partial charge in [0.15, 0.2) is 0 Å². The molecule has 2 atom stereocenters. The maximum atomic E-state index is 13.5. The third kappa shape index (κ3) is 5.94. The lowest BCUT2D eigenvalue weighted by atomic mass is 10.1. The number of carbonyl (C=O) groups is 3. The van der Waals surface area contributed by atoms with Gasteiger partial charge in [0.2, 0.25) is 5.95 Å². The Labute approximate surface area is 257 Å². The number of fused-ring (bicyclic) bond motifs is 3. The predicted molar refractivity (Wildman–Crippen MR) is 166 cm³/mol. The molecule has 3 aromatic rings. The molecule has 234 valence electrons. The van der Waals surface area contributed by atoms with Crippen molar-refractivity contribution in [1.82, 2.24) is 34.2 Å². The number of amides is 3. The molecule has 0 radical (unpaired) electrons. The van der Waals surface area contributed by atoms with E-state index in [0.29, 0.717) is 36.1 Å². The lowest BCUT2D eigenvalue weighted by Crippen LogP contribution is -2.46. The molecule has 1 N–H and O–H groups in total. The highest BCUT2D eigenvalue weighted by Gasteiger charge is 2.43. The zero-order valence-corrected chi connectivity index (χ0v) is 26.2. The minimum atomic E-state index is -0.565. The van der Waals surface area contributed by atoms with Crippen molar-refractivity contribution in [2.75, 3.05) is 32.5 Å². The molecule has 2 aliphatic heterocycles. The van der Waals surface area contributed by atoms with Gasteiger partial charge in [0, 0.05) is 57.0 Å². The normalized spacial score (nSPS) is 20.6. The fraction of sp³-hybridized carbons (Fsp3) is 0.562. The summed E-state index contributed by atoms with van der Waals surface area (Å²) in [5.41, 5.74) is 1.27. The summed E-state index contributed by atoms with van der Waals surface area (Å²) >= 11 is 0. The van der Waals surface area contributed by atoms with Crippen LogP contribution in [-0.4, -0.2) is 97.0 Å². The van der Waals surface area contributed by atoms with E-state index in [1.807, 2.05) is 36.6 Å². The maximum absolute atomic E-state index is 13.5. The monoisotopic (exact) mass is 602 g/mol. The number of nitrogens with zero attached hydrogens (tertiary/aromatic N) is 7. The summed E-state index contributed by atoms with van der Waals surface area (Å²) < 4.78 is 7.74. The van der Waals surface area contributed by atoms with Crippen molar-refractivity contribution in [3.63, 3.8) is 0 Å². The van der Waals surface area contributed by atoms with Gasteiger partial charge in [0.1, 0.15) is 22.8 Å². The minimum Gasteiger partial charge on any atom is -0.444 e. The van der Waals surface area contributed by atoms with Crippen molar-refractivity contribution >= 4 is 40.7 Å². The molecule has 12 nitrogen and oxygen atoms in total. The topological polar surface area (TPSA) is 126 Å². The van der Waals surface area contributed by atoms with Gasteiger partial charge in [-0.2, -0.15) is 4.98 Å². The summed E-state index contributed by atoms with van der Waals surface area (Å²) in [7, 11) is 3.51. The number of pyridine rings is 1. The molecule has 3 fully saturated rings. The Morgan fingerprint density at radius 1 is 0.955 bits per heavy atom. The van der Waals surface area contributed by atoms with E-state index in [9.17, 15) is 14.4 Å². The lowest BCUT2D eigenvalue weighted by molar-refractivity contribution is 0.0151. The number of nitrogens with one attached hydrogen (secondary N) is 1. The van der Waals surface area contributed by atoms with E-state index in [-0.39, 0.29) is 36.0 Å². The Morgan fingerprint density at radius 3 is 2.39 bits per heavy atom. The van der Waals surface area contributed by atoms with Gasteiger partial charge in [-0.05, 0) is 71.1 Å². The van der Waals surface area contributed by atoms with Crippen LogP contribution in [0.4, 0.5) is 16.6 Å². The van der Waals surface area contributed by atoms with E-state index in [1.54, 1.807) is 43.5 Å². The van der Waals surface area contributed by atoms with Crippen LogP contribution in [0.5, 0.6) is 0 Å². The van der Waals surface area contributed by atoms with Crippen molar-refractivity contribution in [2.24, 2.45) is 0 Å². The number of ether oxygens (including phenoxy) is 1. The van der Waals surface area contributed by atoms with Gasteiger partial charge in [0.25, 0.3) is 11.8 Å². The van der Waals surface area contributed by atoms with Gasteiger partial charge < -0.3 is 29.3 Å². The van der Waals surface area contributed by atoms with Crippen molar-refractivity contribution in [1.29, 1.82) is 0 Å². The van der Waals surface area contributed by atoms with Gasteiger partial charge in [-0.25, -0.2) is 14.8 Å². The smallest absolute Gasteiger partial charge is 0.410 e. The standard InChI is InChI=1S/C32H42N8O4/c1-32(2,3)44-31(43)39-23-11-12-24(39)19-38(15-14-23)28(41)20-10-13-26(33-17-20)35-30-34-18-21-16-25(29(42)37(4)5)40(27(21)36-30)22-8-6-7-9-22/h10,13,16-18,22-24H,6-9,11-12,14-15,19H2,1-5H3,(H,33,34,35,36). The average molecular weight is 603 g/mol. The zero-order valence-electron chi connectivity index (χ0n) is 26.2. The first-order chi connectivity index (χ1) is 21.0. The summed E-state index contributed by atoms with van der Waals surface area (Å²) in [6.07, 6.45) is 9.79. The molecule has 0 aromatic carbocycles. The molecule has 44 heavy (non-hydrogen) atoms. The van der Waals surface area contributed by atoms with Crippen molar-refractivity contribution < 1.29 is 19.1 Å². The number of likely N-dealkylation sites (tertiary alicyclic amines) is 1. The fourth-order valence-corrected chi connectivity index (χ4v) is 6.76. The van der Waals surface area contributed by atoms with Crippen LogP contribution in [0.2, 0.25) is 0 Å². The van der Waals surface area contributed by atoms with E-state index in [2.05, 4.69) is 19.9 Å². The van der Waals surface area contributed by atoms with Gasteiger partial charge in [-0.1, -0.05) is 12.8 Å². The van der Waals surface area contributed by atoms with E-state index < -0.39 is 5.60 Å². The second kappa shape index (κ2) is 11.7. The van der Waals surface area contributed by atoms with Gasteiger partial charge in [-0.15, -0.1) is 0 Å². The van der Waals surface area contributed by atoms with Crippen molar-refractivity contribution in [2.45, 2.75) is 89.4 Å². The Hall–Kier alpha value is -4.22. The number of hydrogen-bond acceptors (Lipinski definition) is 8. The first kappa shape index (κ1) is 29.8. The highest BCUT2D eigenvalue weighted by atomic mass is 16.6. The number of anilines is 2. The molecule has 0 spiro atoms. The summed E-state index contributed by atoms with van der Waals surface area (Å²) in [4.78, 5) is 58.4. The molecule has 2 unspecified atom stereocenters. The Bertz CT molecular complexity index is 1550. The number of carbonyl (C=O) groups excluding carboxylic acids is 3. The van der Waals surface area contributed by atoms with Crippen LogP contribution in [0, 0.1) is 0 Å². The molecule has 3 aromatic heterocycles. The van der Waals surface area contributed by atoms with Crippen molar-refractivity contribution in [3.05, 3.63) is 41.9 Å². The number of rotatable bonds is 5. The molecule has 2 saturated heterocycles. The first-order valence-corrected chi connectivity index (χ1v) is 15.6. The van der Waals surface area contributed by atoms with E-state index in [1.165, 1.54) is 0 Å². The summed E-state index contributed by atoms with van der Waals surface area (Å²) in [6, 6.07) is 5.62. The second-order valence-corrected chi connectivity index (χ2v) is 13.4. The van der Waals surface area contributed by atoms with Crippen LogP contribution in [0.25, 0.3) is 11.0 Å². The summed E-state index contributed by atoms with van der Waals surface area (Å²) in [5.74, 6) is 0.721. The molecule has 3 aliphatic rings. The molecular weight excluding hydrogens is 560 g/mol. The van der Waals surface area contributed by atoms with Crippen LogP contribution < -0.4 is 5.32 Å². The average Bonchev–Trinajstić information content (AvgIpc) is 3.68. The molecule has 12 heteroatoms. The summed E-state index contributed by atoms with van der Waals surface area (Å²) in [6.45, 7) is 6.66. The Balaban J connectivity index is 1.16. The quantitative estimate of drug-likeness (QED) is 0.433. The number of aromatic nitrogens is 4. The van der Waals surface area contributed by atoms with Gasteiger partial charge in [-0.3, -0.25) is 9.59 Å². The molecule has 2 bridgehead atoms. The Kier molecular flexibility index (Phi) is 7.93. The molecular formula is C32H42N8O4. The second-order valence-electron chi connectivity index (χ2n) is 13.4. The zero-order chi connectivity index (χ0) is 31.2. The highest BCUT2D eigenvalue weighted by molar-refractivity contribution is 5.98. The SMILES string of the molecule is CN(C)C(=O)c1cc2cnc(Nc3ccc(C(=O)N4CCC5CCC(C4)N5C(=O)OC(C)(C)C)cn3)nc2n1C1CCCC1. The van der Waals surface area contributed by atoms with Crippen molar-refractivity contribution in [3.8, 4) is 0 Å². The molecule has 6 rings (SSSR count). The predicted octanol–water partition coefficient (Wildman–Crippen LogP) is 5.00. The third-order valence-electron chi connectivity index (χ3n) is 8.82. The van der Waals surface area contributed by atoms with Crippen LogP contribution in [0.15, 0.2) is 30.6 Å². The molecule has 1 aliphatic carbocycles. The van der Waals surface area contributed by atoms with Crippen LogP contribution in [0.3, 0.4) is 0 Å². The highest BCUT2D eigenvalue weighted by Crippen LogP contribution is 2.35. The van der Waals surface area contributed by atoms with Crippen LogP contribution >= 0.6 is 0 Å². The summed E-state index contributed by atoms with van der Waals surface area (Å²) in [5, 5.41) is 3.98. The van der Waals surface area contributed by atoms with Crippen LogP contribution in [0.1, 0.15) is 92.6 Å². The number of hydrogen-bond donors (Lipinski definition) is 1. The molecule has 1 saturated carbocycles. The van der Waals surface area contributed by atoms with Gasteiger partial charge >= 0.3 is 6.09 Å². The van der Waals surface area contributed by atoms with E-state index in [4.69, 9.17) is 9.72 Å². The van der Waals surface area contributed by atoms with E-state index in [0.717, 1.165) is 56.0 Å². The largest absolute Gasteiger partial charge is 0.444 e. The van der Waals surface area contributed by atoms with Crippen LogP contribution in [-0.2, 0) is 4.74 Å².